The normalized spacial score (nSPS) is 18.1. The van der Waals surface area contributed by atoms with Crippen molar-refractivity contribution in [1.29, 1.82) is 0 Å². The van der Waals surface area contributed by atoms with E-state index in [1.165, 1.54) is 4.90 Å². The number of para-hydroxylation sites is 1. The Kier molecular flexibility index (Phi) is 3.97. The van der Waals surface area contributed by atoms with Gasteiger partial charge in [0.1, 0.15) is 5.60 Å². The fourth-order valence-electron chi connectivity index (χ4n) is 2.24. The van der Waals surface area contributed by atoms with Crippen LogP contribution in [0.3, 0.4) is 0 Å². The van der Waals surface area contributed by atoms with Gasteiger partial charge in [-0.1, -0.05) is 18.2 Å². The molecule has 1 aromatic carbocycles. The van der Waals surface area contributed by atoms with Gasteiger partial charge in [-0.05, 0) is 38.8 Å². The zero-order valence-corrected chi connectivity index (χ0v) is 12.0. The highest BCUT2D eigenvalue weighted by atomic mass is 16.6. The number of anilines is 1. The van der Waals surface area contributed by atoms with E-state index in [1.807, 2.05) is 24.3 Å². The molecule has 0 N–H and O–H groups in total. The van der Waals surface area contributed by atoms with Gasteiger partial charge in [-0.25, -0.2) is 9.69 Å². The molecule has 0 fully saturated rings. The molecule has 1 amide bonds. The molecule has 5 nitrogen and oxygen atoms in total. The van der Waals surface area contributed by atoms with Crippen molar-refractivity contribution in [2.24, 2.45) is 0 Å². The Morgan fingerprint density at radius 2 is 2.05 bits per heavy atom. The Morgan fingerprint density at radius 1 is 1.35 bits per heavy atom. The first-order chi connectivity index (χ1) is 9.42. The van der Waals surface area contributed by atoms with Gasteiger partial charge in [0, 0.05) is 6.42 Å². The molecule has 0 radical (unpaired) electrons. The molecule has 1 aliphatic heterocycles. The average molecular weight is 277 g/mol. The number of nitrogens with zero attached hydrogens (tertiary/aromatic N) is 1. The summed E-state index contributed by atoms with van der Waals surface area (Å²) < 4.78 is 10.4. The molecular weight excluding hydrogens is 258 g/mol. The molecule has 108 valence electrons. The van der Waals surface area contributed by atoms with Gasteiger partial charge in [-0.3, -0.25) is 4.79 Å². The third-order valence-electron chi connectivity index (χ3n) is 3.00. The van der Waals surface area contributed by atoms with Crippen LogP contribution in [-0.2, 0) is 20.7 Å². The Labute approximate surface area is 118 Å². The summed E-state index contributed by atoms with van der Waals surface area (Å²) in [4.78, 5) is 24.4. The fourth-order valence-corrected chi connectivity index (χ4v) is 2.24. The molecule has 20 heavy (non-hydrogen) atoms. The summed E-state index contributed by atoms with van der Waals surface area (Å²) in [6, 6.07) is 7.57. The summed E-state index contributed by atoms with van der Waals surface area (Å²) in [5.41, 5.74) is 1.18. The van der Waals surface area contributed by atoms with E-state index in [1.54, 1.807) is 20.8 Å². The molecule has 0 bridgehead atoms. The summed E-state index contributed by atoms with van der Waals surface area (Å²) in [5.74, 6) is 0. The minimum absolute atomic E-state index is 0.371. The second-order valence-electron chi connectivity index (χ2n) is 5.70. The lowest BCUT2D eigenvalue weighted by Gasteiger charge is -2.36. The van der Waals surface area contributed by atoms with Gasteiger partial charge in [-0.2, -0.15) is 0 Å². The van der Waals surface area contributed by atoms with Gasteiger partial charge >= 0.3 is 6.09 Å². The van der Waals surface area contributed by atoms with Crippen LogP contribution < -0.4 is 4.90 Å². The van der Waals surface area contributed by atoms with Crippen LogP contribution >= 0.6 is 0 Å². The quantitative estimate of drug-likeness (QED) is 0.780. The molecule has 2 rings (SSSR count). The molecule has 1 heterocycles. The van der Waals surface area contributed by atoms with Crippen molar-refractivity contribution in [3.8, 4) is 0 Å². The number of carbonyl (C=O) groups is 2. The van der Waals surface area contributed by atoms with E-state index < -0.39 is 17.9 Å². The van der Waals surface area contributed by atoms with Gasteiger partial charge in [0.25, 0.3) is 6.47 Å². The van der Waals surface area contributed by atoms with E-state index in [-0.39, 0.29) is 0 Å². The summed E-state index contributed by atoms with van der Waals surface area (Å²) in [5, 5.41) is 0. The van der Waals surface area contributed by atoms with Crippen LogP contribution in [0.2, 0.25) is 0 Å². The van der Waals surface area contributed by atoms with E-state index in [0.29, 0.717) is 12.9 Å². The predicted molar refractivity (Wildman–Crippen MR) is 74.4 cm³/mol. The van der Waals surface area contributed by atoms with E-state index in [9.17, 15) is 9.59 Å². The van der Waals surface area contributed by atoms with Crippen molar-refractivity contribution in [3.63, 3.8) is 0 Å². The number of ether oxygens (including phenoxy) is 2. The number of fused-ring (bicyclic) bond motifs is 1. The lowest BCUT2D eigenvalue weighted by molar-refractivity contribution is -0.133. The zero-order chi connectivity index (χ0) is 14.8. The Morgan fingerprint density at radius 3 is 2.70 bits per heavy atom. The first-order valence-corrected chi connectivity index (χ1v) is 6.61. The minimum atomic E-state index is -0.614. The summed E-state index contributed by atoms with van der Waals surface area (Å²) in [6.07, 6.45) is 0.205. The highest BCUT2D eigenvalue weighted by molar-refractivity contribution is 5.90. The van der Waals surface area contributed by atoms with Gasteiger partial charge in [0.05, 0.1) is 5.69 Å². The number of carbonyl (C=O) groups excluding carboxylic acids is 2. The summed E-state index contributed by atoms with van der Waals surface area (Å²) in [7, 11) is 0. The van der Waals surface area contributed by atoms with Crippen LogP contribution in [0.4, 0.5) is 10.5 Å². The van der Waals surface area contributed by atoms with E-state index >= 15 is 0 Å². The van der Waals surface area contributed by atoms with Crippen molar-refractivity contribution < 1.29 is 19.1 Å². The van der Waals surface area contributed by atoms with Crippen LogP contribution in [0.5, 0.6) is 0 Å². The smallest absolute Gasteiger partial charge is 0.417 e. The van der Waals surface area contributed by atoms with Crippen molar-refractivity contribution in [1.82, 2.24) is 0 Å². The first kappa shape index (κ1) is 14.4. The lowest BCUT2D eigenvalue weighted by Crippen LogP contribution is -2.47. The van der Waals surface area contributed by atoms with Crippen LogP contribution in [0.1, 0.15) is 32.8 Å². The highest BCUT2D eigenvalue weighted by Crippen LogP contribution is 2.32. The number of benzene rings is 1. The van der Waals surface area contributed by atoms with Gasteiger partial charge in [0.15, 0.2) is 6.23 Å². The molecule has 1 aromatic rings. The predicted octanol–water partition coefficient (Wildman–Crippen LogP) is 2.87. The topological polar surface area (TPSA) is 55.8 Å². The van der Waals surface area contributed by atoms with Crippen LogP contribution in [0.15, 0.2) is 24.3 Å². The van der Waals surface area contributed by atoms with Crippen molar-refractivity contribution in [2.45, 2.75) is 45.4 Å². The third kappa shape index (κ3) is 3.10. The Bertz CT molecular complexity index is 507. The minimum Gasteiger partial charge on any atom is -0.443 e. The maximum absolute atomic E-state index is 12.4. The van der Waals surface area contributed by atoms with Crippen LogP contribution in [-0.4, -0.2) is 24.4 Å². The molecule has 0 aromatic heterocycles. The number of aryl methyl sites for hydroxylation is 1. The maximum atomic E-state index is 12.4. The van der Waals surface area contributed by atoms with Crippen molar-refractivity contribution in [2.75, 3.05) is 4.90 Å². The Hall–Kier alpha value is -2.04. The molecule has 1 aliphatic rings. The monoisotopic (exact) mass is 277 g/mol. The third-order valence-corrected chi connectivity index (χ3v) is 3.00. The fraction of sp³-hybridized carbons (Fsp3) is 0.467. The van der Waals surface area contributed by atoms with Crippen LogP contribution in [0, 0.1) is 0 Å². The molecule has 0 unspecified atom stereocenters. The van der Waals surface area contributed by atoms with E-state index in [4.69, 9.17) is 9.47 Å². The molecule has 0 spiro atoms. The molecule has 0 aliphatic carbocycles. The molecule has 0 saturated carbocycles. The summed E-state index contributed by atoms with van der Waals surface area (Å²) in [6.45, 7) is 5.78. The number of hydrogen-bond donors (Lipinski definition) is 0. The second-order valence-corrected chi connectivity index (χ2v) is 5.70. The highest BCUT2D eigenvalue weighted by Gasteiger charge is 2.35. The van der Waals surface area contributed by atoms with Gasteiger partial charge < -0.3 is 9.47 Å². The van der Waals surface area contributed by atoms with Gasteiger partial charge in [0.2, 0.25) is 0 Å². The number of hydrogen-bond acceptors (Lipinski definition) is 4. The zero-order valence-electron chi connectivity index (χ0n) is 12.0. The second kappa shape index (κ2) is 5.53. The van der Waals surface area contributed by atoms with Gasteiger partial charge in [-0.15, -0.1) is 0 Å². The lowest BCUT2D eigenvalue weighted by atomic mass is 10.0. The maximum Gasteiger partial charge on any atom is 0.417 e. The van der Waals surface area contributed by atoms with E-state index in [2.05, 4.69) is 0 Å². The van der Waals surface area contributed by atoms with Crippen molar-refractivity contribution >= 4 is 18.3 Å². The Balaban J connectivity index is 2.33. The molecule has 5 heteroatoms. The van der Waals surface area contributed by atoms with E-state index in [0.717, 1.165) is 17.7 Å². The number of amides is 1. The number of rotatable bonds is 2. The SMILES string of the molecule is CC(C)(C)OC(=O)N1c2ccccc2CC[C@@H]1OC=O. The largest absolute Gasteiger partial charge is 0.443 e. The molecule has 1 atom stereocenters. The standard InChI is InChI=1S/C15H19NO4/c1-15(2,3)20-14(18)16-12-7-5-4-6-11(12)8-9-13(16)19-10-17/h4-7,10,13H,8-9H2,1-3H3/t13-/m0/s1. The molecular formula is C15H19NO4. The first-order valence-electron chi connectivity index (χ1n) is 6.61. The van der Waals surface area contributed by atoms with Crippen LogP contribution in [0.25, 0.3) is 0 Å². The summed E-state index contributed by atoms with van der Waals surface area (Å²) >= 11 is 0. The average Bonchev–Trinajstić information content (AvgIpc) is 2.36. The van der Waals surface area contributed by atoms with Crippen molar-refractivity contribution in [3.05, 3.63) is 29.8 Å². The molecule has 0 saturated heterocycles.